The predicted molar refractivity (Wildman–Crippen MR) is 238 cm³/mol. The summed E-state index contributed by atoms with van der Waals surface area (Å²) in [5.41, 5.74) is 0. The lowest BCUT2D eigenvalue weighted by Gasteiger charge is -2.40. The second-order valence-corrected chi connectivity index (χ2v) is 16.1. The fourth-order valence-electron chi connectivity index (χ4n) is 6.87. The van der Waals surface area contributed by atoms with E-state index in [9.17, 15) is 40.5 Å². The minimum absolute atomic E-state index is 0.228. The maximum Gasteiger partial charge on any atom is 0.249 e. The molecular weight excluding hydrogens is 751 g/mol. The molecule has 9 unspecified atom stereocenters. The van der Waals surface area contributed by atoms with Gasteiger partial charge in [0.05, 0.1) is 25.4 Å². The third-order valence-electron chi connectivity index (χ3n) is 10.8. The van der Waals surface area contributed by atoms with Gasteiger partial charge in [-0.3, -0.25) is 4.79 Å². The molecule has 1 amide bonds. The topological polar surface area (TPSA) is 189 Å². The van der Waals surface area contributed by atoms with Gasteiger partial charge in [-0.15, -0.1) is 0 Å². The summed E-state index contributed by atoms with van der Waals surface area (Å²) in [7, 11) is 0. The highest BCUT2D eigenvalue weighted by atomic mass is 16.7. The van der Waals surface area contributed by atoms with Crippen LogP contribution in [0.2, 0.25) is 0 Å². The van der Waals surface area contributed by atoms with E-state index in [1.54, 1.807) is 0 Å². The van der Waals surface area contributed by atoms with Crippen molar-refractivity contribution in [1.82, 2.24) is 5.32 Å². The van der Waals surface area contributed by atoms with Gasteiger partial charge in [0, 0.05) is 0 Å². The average Bonchev–Trinajstić information content (AvgIpc) is 3.23. The van der Waals surface area contributed by atoms with Crippen LogP contribution < -0.4 is 5.32 Å². The van der Waals surface area contributed by atoms with Crippen LogP contribution >= 0.6 is 0 Å². The van der Waals surface area contributed by atoms with E-state index in [1.807, 2.05) is 0 Å². The molecule has 0 bridgehead atoms. The largest absolute Gasteiger partial charge is 0.394 e. The van der Waals surface area contributed by atoms with Crippen molar-refractivity contribution in [2.45, 2.75) is 223 Å². The van der Waals surface area contributed by atoms with E-state index in [0.29, 0.717) is 19.3 Å². The van der Waals surface area contributed by atoms with Gasteiger partial charge < -0.3 is 50.5 Å². The highest BCUT2D eigenvalue weighted by Crippen LogP contribution is 2.23. The molecule has 0 radical (unpaired) electrons. The predicted octanol–water partition coefficient (Wildman–Crippen LogP) is 7.55. The molecule has 1 heterocycles. The first kappa shape index (κ1) is 54.8. The molecule has 8 N–H and O–H groups in total. The number of carbonyl (C=O) groups excluding carboxylic acids is 1. The number of ether oxygens (including phenoxy) is 2. The van der Waals surface area contributed by atoms with E-state index in [4.69, 9.17) is 9.47 Å². The molecular formula is C48H85NO10. The lowest BCUT2D eigenvalue weighted by atomic mass is 9.98. The van der Waals surface area contributed by atoms with Gasteiger partial charge in [0.2, 0.25) is 5.91 Å². The quantitative estimate of drug-likeness (QED) is 0.0176. The van der Waals surface area contributed by atoms with Crippen molar-refractivity contribution < 1.29 is 50.0 Å². The Morgan fingerprint density at radius 1 is 0.593 bits per heavy atom. The summed E-state index contributed by atoms with van der Waals surface area (Å²) in [4.78, 5) is 13.1. The van der Waals surface area contributed by atoms with Gasteiger partial charge in [-0.1, -0.05) is 139 Å². The van der Waals surface area contributed by atoms with E-state index < -0.39 is 74.2 Å². The van der Waals surface area contributed by atoms with E-state index in [0.717, 1.165) is 64.2 Å². The first-order chi connectivity index (χ1) is 28.7. The molecule has 1 saturated heterocycles. The molecule has 9 atom stereocenters. The second kappa shape index (κ2) is 37.6. The molecule has 0 aromatic carbocycles. The molecule has 1 aliphatic rings. The van der Waals surface area contributed by atoms with Gasteiger partial charge >= 0.3 is 0 Å². The zero-order valence-electron chi connectivity index (χ0n) is 36.7. The number of carbonyl (C=O) groups is 1. The summed E-state index contributed by atoms with van der Waals surface area (Å²) in [5, 5.41) is 75.6. The van der Waals surface area contributed by atoms with Crippen molar-refractivity contribution in [3.05, 3.63) is 60.8 Å². The van der Waals surface area contributed by atoms with Crippen molar-refractivity contribution in [2.75, 3.05) is 13.2 Å². The van der Waals surface area contributed by atoms with Gasteiger partial charge in [0.25, 0.3) is 0 Å². The third-order valence-corrected chi connectivity index (χ3v) is 10.8. The van der Waals surface area contributed by atoms with Gasteiger partial charge in [-0.05, 0) is 89.9 Å². The molecule has 11 heteroatoms. The standard InChI is InChI=1S/C48H85NO10/c1-3-5-7-9-11-13-15-17-19-20-21-22-24-25-27-29-31-33-35-40(51)43(53)39(38-58-48-46(56)45(55)44(54)42(37-50)59-48)49-47(57)41(52)36-34-32-30-28-26-23-18-16-14-12-10-8-6-4-2/h12,14-18,21-22,27,29,39-46,48,50-56H,3-11,13,19-20,23-26,28,30-38H2,1-2H3,(H,49,57)/b14-12-,17-15+,18-16-,22-21+,29-27+. The normalized spacial score (nSPS) is 22.4. The van der Waals surface area contributed by atoms with Crippen molar-refractivity contribution >= 4 is 5.91 Å². The van der Waals surface area contributed by atoms with Crippen LogP contribution in [-0.4, -0.2) is 110 Å². The monoisotopic (exact) mass is 836 g/mol. The number of aliphatic hydroxyl groups is 7. The molecule has 1 aliphatic heterocycles. The molecule has 0 aromatic rings. The first-order valence-corrected chi connectivity index (χ1v) is 23.2. The van der Waals surface area contributed by atoms with Crippen LogP contribution in [0.1, 0.15) is 168 Å². The van der Waals surface area contributed by atoms with E-state index in [-0.39, 0.29) is 12.8 Å². The number of unbranched alkanes of at least 4 members (excludes halogenated alkanes) is 16. The highest BCUT2D eigenvalue weighted by Gasteiger charge is 2.44. The number of rotatable bonds is 37. The Morgan fingerprint density at radius 2 is 1.07 bits per heavy atom. The van der Waals surface area contributed by atoms with Crippen LogP contribution in [0.5, 0.6) is 0 Å². The summed E-state index contributed by atoms with van der Waals surface area (Å²) in [6, 6.07) is -1.20. The highest BCUT2D eigenvalue weighted by molar-refractivity contribution is 5.80. The van der Waals surface area contributed by atoms with Crippen LogP contribution in [0.25, 0.3) is 0 Å². The average molecular weight is 836 g/mol. The number of hydrogen-bond acceptors (Lipinski definition) is 10. The molecule has 11 nitrogen and oxygen atoms in total. The van der Waals surface area contributed by atoms with Crippen molar-refractivity contribution in [3.8, 4) is 0 Å². The fourth-order valence-corrected chi connectivity index (χ4v) is 6.87. The number of nitrogens with one attached hydrogen (secondary N) is 1. The first-order valence-electron chi connectivity index (χ1n) is 23.2. The Labute approximate surface area is 357 Å². The summed E-state index contributed by atoms with van der Waals surface area (Å²) in [5.74, 6) is -0.729. The van der Waals surface area contributed by atoms with Crippen molar-refractivity contribution in [2.24, 2.45) is 0 Å². The Bertz CT molecular complexity index is 1140. The minimum Gasteiger partial charge on any atom is -0.394 e. The molecule has 0 saturated carbocycles. The number of allylic oxidation sites excluding steroid dienone is 10. The summed E-state index contributed by atoms with van der Waals surface area (Å²) >= 11 is 0. The molecule has 0 aromatic heterocycles. The number of amides is 1. The van der Waals surface area contributed by atoms with E-state index >= 15 is 0 Å². The zero-order chi connectivity index (χ0) is 43.4. The smallest absolute Gasteiger partial charge is 0.249 e. The Kier molecular flexibility index (Phi) is 34.9. The molecule has 342 valence electrons. The molecule has 59 heavy (non-hydrogen) atoms. The van der Waals surface area contributed by atoms with E-state index in [2.05, 4.69) is 79.9 Å². The van der Waals surface area contributed by atoms with Crippen molar-refractivity contribution in [1.29, 1.82) is 0 Å². The zero-order valence-corrected chi connectivity index (χ0v) is 36.7. The molecule has 1 fully saturated rings. The Hall–Kier alpha value is -2.19. The van der Waals surface area contributed by atoms with E-state index in [1.165, 1.54) is 57.8 Å². The fraction of sp³-hybridized carbons (Fsp3) is 0.771. The molecule has 0 spiro atoms. The maximum atomic E-state index is 13.1. The maximum absolute atomic E-state index is 13.1. The van der Waals surface area contributed by atoms with Crippen LogP contribution in [0.15, 0.2) is 60.8 Å². The summed E-state index contributed by atoms with van der Waals surface area (Å²) in [6.07, 6.45) is 34.1. The van der Waals surface area contributed by atoms with Crippen molar-refractivity contribution in [3.63, 3.8) is 0 Å². The summed E-state index contributed by atoms with van der Waals surface area (Å²) in [6.45, 7) is 3.34. The SMILES string of the molecule is CCCCC/C=C\C=C/CCCCCCCC(O)C(=O)NC(COC1OC(CO)C(O)C(O)C1O)C(O)C(O)CCC/C=C/CC/C=C/CC/C=C/CCCCCCC. The molecule has 0 aliphatic carbocycles. The van der Waals surface area contributed by atoms with Crippen LogP contribution in [0.3, 0.4) is 0 Å². The second-order valence-electron chi connectivity index (χ2n) is 16.1. The lowest BCUT2D eigenvalue weighted by molar-refractivity contribution is -0.303. The van der Waals surface area contributed by atoms with Gasteiger partial charge in [0.15, 0.2) is 6.29 Å². The number of aliphatic hydroxyl groups excluding tert-OH is 7. The van der Waals surface area contributed by atoms with Gasteiger partial charge in [0.1, 0.15) is 36.6 Å². The third kappa shape index (κ3) is 27.4. The summed E-state index contributed by atoms with van der Waals surface area (Å²) < 4.78 is 11.1. The van der Waals surface area contributed by atoms with Crippen LogP contribution in [0.4, 0.5) is 0 Å². The van der Waals surface area contributed by atoms with Gasteiger partial charge in [-0.2, -0.15) is 0 Å². The lowest BCUT2D eigenvalue weighted by Crippen LogP contribution is -2.60. The van der Waals surface area contributed by atoms with Crippen LogP contribution in [0, 0.1) is 0 Å². The van der Waals surface area contributed by atoms with Gasteiger partial charge in [-0.25, -0.2) is 0 Å². The Morgan fingerprint density at radius 3 is 1.64 bits per heavy atom. The van der Waals surface area contributed by atoms with Crippen LogP contribution in [-0.2, 0) is 14.3 Å². The molecule has 1 rings (SSSR count). The minimum atomic E-state index is -1.68. The number of hydrogen-bond donors (Lipinski definition) is 8. The Balaban J connectivity index is 2.52.